The quantitative estimate of drug-likeness (QED) is 0.549. The highest BCUT2D eigenvalue weighted by Crippen LogP contribution is 2.22. The second-order valence-corrected chi connectivity index (χ2v) is 3.00. The average molecular weight is 200 g/mol. The van der Waals surface area contributed by atoms with Gasteiger partial charge in [0.15, 0.2) is 0 Å². The van der Waals surface area contributed by atoms with Crippen LogP contribution in [-0.2, 0) is 4.79 Å². The first-order chi connectivity index (χ1) is 7.24. The minimum Gasteiger partial charge on any atom is -0.306 e. The van der Waals surface area contributed by atoms with E-state index in [0.29, 0.717) is 11.4 Å². The Morgan fingerprint density at radius 3 is 2.93 bits per heavy atom. The van der Waals surface area contributed by atoms with Gasteiger partial charge in [0.05, 0.1) is 11.1 Å². The number of hydrogen-bond acceptors (Lipinski definition) is 3. The number of ketones is 1. The number of nitrogens with zero attached hydrogens (tertiary/aromatic N) is 1. The minimum absolute atomic E-state index is 0.0884. The second kappa shape index (κ2) is 3.49. The van der Waals surface area contributed by atoms with Gasteiger partial charge in [-0.15, -0.1) is 0 Å². The number of carbonyl (C=O) groups is 2. The number of hydrogen-bond donors (Lipinski definition) is 1. The van der Waals surface area contributed by atoms with E-state index in [2.05, 4.69) is 16.9 Å². The highest BCUT2D eigenvalue weighted by Gasteiger charge is 2.28. The smallest absolute Gasteiger partial charge is 0.260 e. The zero-order valence-electron chi connectivity index (χ0n) is 7.86. The van der Waals surface area contributed by atoms with E-state index in [1.807, 2.05) is 0 Å². The van der Waals surface area contributed by atoms with Crippen molar-refractivity contribution in [3.8, 4) is 0 Å². The topological polar surface area (TPSA) is 59.1 Å². The van der Waals surface area contributed by atoms with Crippen LogP contribution in [0.4, 0.5) is 5.82 Å². The summed E-state index contributed by atoms with van der Waals surface area (Å²) in [7, 11) is 0. The number of nitrogens with one attached hydrogen (secondary N) is 1. The monoisotopic (exact) mass is 200 g/mol. The number of carbonyl (C=O) groups excluding carboxylic acids is 2. The van der Waals surface area contributed by atoms with Crippen LogP contribution in [0.15, 0.2) is 42.6 Å². The van der Waals surface area contributed by atoms with Crippen molar-refractivity contribution < 1.29 is 9.59 Å². The zero-order valence-corrected chi connectivity index (χ0v) is 7.86. The lowest BCUT2D eigenvalue weighted by atomic mass is 9.99. The number of anilines is 1. The molecule has 0 spiro atoms. The summed E-state index contributed by atoms with van der Waals surface area (Å²) in [5.74, 6) is -0.443. The van der Waals surface area contributed by atoms with Crippen LogP contribution in [0.1, 0.15) is 10.4 Å². The molecule has 15 heavy (non-hydrogen) atoms. The van der Waals surface area contributed by atoms with Gasteiger partial charge in [-0.2, -0.15) is 0 Å². The Balaban J connectivity index is 2.57. The number of rotatable bonds is 1. The number of Topliss-reactive ketones (excluding diaryl/α,β-unsaturated/α-hetero) is 1. The maximum atomic E-state index is 11.8. The predicted octanol–water partition coefficient (Wildman–Crippen LogP) is 1.33. The van der Waals surface area contributed by atoms with Crippen LogP contribution in [0.25, 0.3) is 0 Å². The largest absolute Gasteiger partial charge is 0.306 e. The van der Waals surface area contributed by atoms with Gasteiger partial charge >= 0.3 is 0 Å². The molecule has 4 heteroatoms. The molecule has 0 saturated heterocycles. The Hall–Kier alpha value is -2.23. The lowest BCUT2D eigenvalue weighted by Gasteiger charge is -2.15. The van der Waals surface area contributed by atoms with Gasteiger partial charge < -0.3 is 5.32 Å². The van der Waals surface area contributed by atoms with Gasteiger partial charge in [0.2, 0.25) is 5.78 Å². The minimum atomic E-state index is -0.439. The summed E-state index contributed by atoms with van der Waals surface area (Å²) < 4.78 is 0. The summed E-state index contributed by atoms with van der Waals surface area (Å²) >= 11 is 0. The number of amides is 1. The van der Waals surface area contributed by atoms with Gasteiger partial charge in [0.25, 0.3) is 5.91 Å². The van der Waals surface area contributed by atoms with Crippen molar-refractivity contribution in [3.63, 3.8) is 0 Å². The van der Waals surface area contributed by atoms with Crippen LogP contribution in [-0.4, -0.2) is 16.7 Å². The molecule has 1 N–H and O–H groups in total. The Morgan fingerprint density at radius 2 is 2.20 bits per heavy atom. The van der Waals surface area contributed by atoms with E-state index >= 15 is 0 Å². The molecule has 0 bridgehead atoms. The van der Waals surface area contributed by atoms with Crippen molar-refractivity contribution >= 4 is 17.5 Å². The lowest BCUT2D eigenvalue weighted by Crippen LogP contribution is -2.28. The lowest BCUT2D eigenvalue weighted by molar-refractivity contribution is -0.112. The maximum Gasteiger partial charge on any atom is 0.260 e. The van der Waals surface area contributed by atoms with Gasteiger partial charge in [-0.05, 0) is 18.2 Å². The molecule has 2 heterocycles. The summed E-state index contributed by atoms with van der Waals surface area (Å²) in [6.07, 6.45) is 4.33. The SMILES string of the molecule is C=C/C=C1\C(=O)Nc2ncccc2C1=O. The molecule has 74 valence electrons. The molecule has 2 rings (SSSR count). The molecule has 1 aliphatic rings. The van der Waals surface area contributed by atoms with E-state index in [1.54, 1.807) is 12.1 Å². The zero-order chi connectivity index (χ0) is 10.8. The summed E-state index contributed by atoms with van der Waals surface area (Å²) in [4.78, 5) is 27.2. The molecule has 1 aromatic heterocycles. The fraction of sp³-hybridized carbons (Fsp3) is 0. The van der Waals surface area contributed by atoms with E-state index in [-0.39, 0.29) is 11.4 Å². The fourth-order valence-corrected chi connectivity index (χ4v) is 1.38. The van der Waals surface area contributed by atoms with Gasteiger partial charge in [-0.25, -0.2) is 4.98 Å². The second-order valence-electron chi connectivity index (χ2n) is 3.00. The first kappa shape index (κ1) is 9.33. The molecular formula is C11H8N2O2. The third kappa shape index (κ3) is 1.46. The van der Waals surface area contributed by atoms with Crippen LogP contribution in [0.2, 0.25) is 0 Å². The molecule has 1 amide bonds. The maximum absolute atomic E-state index is 11.8. The van der Waals surface area contributed by atoms with Crippen LogP contribution < -0.4 is 5.32 Å². The standard InChI is InChI=1S/C11H8N2O2/c1-2-4-8-9(14)7-5-3-6-12-10(7)13-11(8)15/h2-6H,1H2,(H,12,13,15)/b8-4-. The molecule has 1 aliphatic heterocycles. The van der Waals surface area contributed by atoms with Crippen LogP contribution in [0.3, 0.4) is 0 Å². The number of fused-ring (bicyclic) bond motifs is 1. The third-order valence-electron chi connectivity index (χ3n) is 2.06. The molecule has 0 atom stereocenters. The van der Waals surface area contributed by atoms with Crippen molar-refractivity contribution in [2.24, 2.45) is 0 Å². The molecule has 0 fully saturated rings. The molecule has 0 aromatic carbocycles. The first-order valence-electron chi connectivity index (χ1n) is 4.38. The van der Waals surface area contributed by atoms with E-state index in [9.17, 15) is 9.59 Å². The van der Waals surface area contributed by atoms with Crippen molar-refractivity contribution in [1.82, 2.24) is 4.98 Å². The third-order valence-corrected chi connectivity index (χ3v) is 2.06. The molecule has 0 unspecified atom stereocenters. The normalized spacial score (nSPS) is 17.2. The van der Waals surface area contributed by atoms with Crippen molar-refractivity contribution in [3.05, 3.63) is 48.2 Å². The highest BCUT2D eigenvalue weighted by molar-refractivity contribution is 6.33. The van der Waals surface area contributed by atoms with E-state index < -0.39 is 5.91 Å². The Kier molecular flexibility index (Phi) is 2.17. The summed E-state index contributed by atoms with van der Waals surface area (Å²) in [5.41, 5.74) is 0.496. The molecule has 1 aromatic rings. The number of pyridine rings is 1. The van der Waals surface area contributed by atoms with Crippen LogP contribution in [0, 0.1) is 0 Å². The summed E-state index contributed by atoms with van der Waals surface area (Å²) in [6.45, 7) is 3.46. The molecule has 0 aliphatic carbocycles. The van der Waals surface area contributed by atoms with E-state index in [0.717, 1.165) is 0 Å². The van der Waals surface area contributed by atoms with Crippen molar-refractivity contribution in [2.75, 3.05) is 5.32 Å². The van der Waals surface area contributed by atoms with Crippen molar-refractivity contribution in [2.45, 2.75) is 0 Å². The van der Waals surface area contributed by atoms with Gasteiger partial charge in [-0.3, -0.25) is 9.59 Å². The molecule has 4 nitrogen and oxygen atoms in total. The van der Waals surface area contributed by atoms with Crippen molar-refractivity contribution in [1.29, 1.82) is 0 Å². The fourth-order valence-electron chi connectivity index (χ4n) is 1.38. The van der Waals surface area contributed by atoms with E-state index in [4.69, 9.17) is 0 Å². The summed E-state index contributed by atoms with van der Waals surface area (Å²) in [5, 5.41) is 2.54. The Bertz CT molecular complexity index is 489. The van der Waals surface area contributed by atoms with Gasteiger partial charge in [0, 0.05) is 6.20 Å². The van der Waals surface area contributed by atoms with Crippen LogP contribution >= 0.6 is 0 Å². The number of allylic oxidation sites excluding steroid dienone is 2. The van der Waals surface area contributed by atoms with E-state index in [1.165, 1.54) is 18.3 Å². The van der Waals surface area contributed by atoms with Crippen LogP contribution in [0.5, 0.6) is 0 Å². The highest BCUT2D eigenvalue weighted by atomic mass is 16.2. The molecular weight excluding hydrogens is 192 g/mol. The predicted molar refractivity (Wildman–Crippen MR) is 55.5 cm³/mol. The molecule has 0 saturated carbocycles. The first-order valence-corrected chi connectivity index (χ1v) is 4.38. The Morgan fingerprint density at radius 1 is 1.40 bits per heavy atom. The summed E-state index contributed by atoms with van der Waals surface area (Å²) in [6, 6.07) is 3.28. The number of aromatic nitrogens is 1. The van der Waals surface area contributed by atoms with Gasteiger partial charge in [-0.1, -0.05) is 12.7 Å². The Labute approximate surface area is 86.3 Å². The molecule has 0 radical (unpaired) electrons. The average Bonchev–Trinajstić information content (AvgIpc) is 2.24. The van der Waals surface area contributed by atoms with Gasteiger partial charge in [0.1, 0.15) is 5.82 Å².